The smallest absolute Gasteiger partial charge is 0.125 e. The summed E-state index contributed by atoms with van der Waals surface area (Å²) in [5.41, 5.74) is 1.08. The van der Waals surface area contributed by atoms with Crippen molar-refractivity contribution in [3.8, 4) is 11.5 Å². The van der Waals surface area contributed by atoms with Crippen molar-refractivity contribution in [2.45, 2.75) is 38.8 Å². The minimum atomic E-state index is -0.117. The molecule has 17 heavy (non-hydrogen) atoms. The Bertz CT molecular complexity index is 401. The van der Waals surface area contributed by atoms with Crippen molar-refractivity contribution >= 4 is 0 Å². The van der Waals surface area contributed by atoms with Crippen LogP contribution in [0, 0.1) is 0 Å². The molecule has 0 aromatic heterocycles. The van der Waals surface area contributed by atoms with E-state index in [1.54, 1.807) is 0 Å². The molecule has 1 aromatic carbocycles. The van der Waals surface area contributed by atoms with Gasteiger partial charge in [-0.25, -0.2) is 0 Å². The molecule has 1 aromatic rings. The van der Waals surface area contributed by atoms with Crippen LogP contribution in [-0.2, 0) is 0 Å². The Morgan fingerprint density at radius 3 is 2.88 bits per heavy atom. The van der Waals surface area contributed by atoms with Crippen LogP contribution >= 0.6 is 0 Å². The maximum atomic E-state index is 5.99. The second-order valence-electron chi connectivity index (χ2n) is 5.04. The van der Waals surface area contributed by atoms with E-state index in [1.165, 1.54) is 5.56 Å². The molecule has 0 fully saturated rings. The lowest BCUT2D eigenvalue weighted by Crippen LogP contribution is -2.38. The molecule has 0 spiro atoms. The van der Waals surface area contributed by atoms with Crippen molar-refractivity contribution in [1.29, 1.82) is 0 Å². The third-order valence-corrected chi connectivity index (χ3v) is 3.10. The molecule has 1 N–H and O–H groups in total. The summed E-state index contributed by atoms with van der Waals surface area (Å²) in [5, 5.41) is 3.35. The van der Waals surface area contributed by atoms with Crippen LogP contribution < -0.4 is 14.8 Å². The van der Waals surface area contributed by atoms with Crippen molar-refractivity contribution in [3.63, 3.8) is 0 Å². The molecule has 0 amide bonds. The van der Waals surface area contributed by atoms with Gasteiger partial charge in [-0.05, 0) is 46.0 Å². The predicted molar refractivity (Wildman–Crippen MR) is 68.7 cm³/mol. The van der Waals surface area contributed by atoms with Crippen LogP contribution in [0.25, 0.3) is 0 Å². The SMILES string of the molecule is CCOc1ccc2c(c1)C(NC)CC(C)(C)O2. The number of benzene rings is 1. The third kappa shape index (κ3) is 2.55. The number of ether oxygens (including phenoxy) is 2. The average molecular weight is 235 g/mol. The van der Waals surface area contributed by atoms with Crippen LogP contribution in [0.15, 0.2) is 18.2 Å². The Balaban J connectivity index is 2.36. The molecule has 1 unspecified atom stereocenters. The Hall–Kier alpha value is -1.22. The highest BCUT2D eigenvalue weighted by Crippen LogP contribution is 2.40. The highest BCUT2D eigenvalue weighted by atomic mass is 16.5. The molecule has 2 rings (SSSR count). The molecule has 3 nitrogen and oxygen atoms in total. The zero-order chi connectivity index (χ0) is 12.5. The van der Waals surface area contributed by atoms with Gasteiger partial charge < -0.3 is 14.8 Å². The quantitative estimate of drug-likeness (QED) is 0.873. The average Bonchev–Trinajstić information content (AvgIpc) is 2.28. The van der Waals surface area contributed by atoms with E-state index in [9.17, 15) is 0 Å². The minimum Gasteiger partial charge on any atom is -0.494 e. The Labute approximate surface area is 103 Å². The van der Waals surface area contributed by atoms with Crippen LogP contribution in [0.3, 0.4) is 0 Å². The number of hydrogen-bond acceptors (Lipinski definition) is 3. The number of fused-ring (bicyclic) bond motifs is 1. The van der Waals surface area contributed by atoms with Crippen LogP contribution in [0.1, 0.15) is 38.8 Å². The fourth-order valence-corrected chi connectivity index (χ4v) is 2.35. The van der Waals surface area contributed by atoms with E-state index >= 15 is 0 Å². The highest BCUT2D eigenvalue weighted by Gasteiger charge is 2.33. The van der Waals surface area contributed by atoms with Crippen molar-refractivity contribution < 1.29 is 9.47 Å². The standard InChI is InChI=1S/C14H21NO2/c1-5-16-10-6-7-13-11(8-10)12(15-4)9-14(2,3)17-13/h6-8,12,15H,5,9H2,1-4H3. The second-order valence-corrected chi connectivity index (χ2v) is 5.04. The molecule has 1 aliphatic heterocycles. The van der Waals surface area contributed by atoms with Gasteiger partial charge in [-0.2, -0.15) is 0 Å². The van der Waals surface area contributed by atoms with Gasteiger partial charge in [-0.1, -0.05) is 0 Å². The van der Waals surface area contributed by atoms with Crippen LogP contribution in [-0.4, -0.2) is 19.3 Å². The Morgan fingerprint density at radius 2 is 2.24 bits per heavy atom. The van der Waals surface area contributed by atoms with Gasteiger partial charge in [0.25, 0.3) is 0 Å². The molecular formula is C14H21NO2. The first-order chi connectivity index (χ1) is 8.05. The van der Waals surface area contributed by atoms with Crippen molar-refractivity contribution in [2.24, 2.45) is 0 Å². The molecule has 0 radical (unpaired) electrons. The summed E-state index contributed by atoms with van der Waals surface area (Å²) in [6.45, 7) is 6.93. The number of nitrogens with one attached hydrogen (secondary N) is 1. The van der Waals surface area contributed by atoms with Crippen molar-refractivity contribution in [2.75, 3.05) is 13.7 Å². The summed E-state index contributed by atoms with van der Waals surface area (Å²) >= 11 is 0. The lowest BCUT2D eigenvalue weighted by atomic mass is 9.90. The molecule has 0 saturated heterocycles. The summed E-state index contributed by atoms with van der Waals surface area (Å²) in [7, 11) is 1.99. The lowest BCUT2D eigenvalue weighted by molar-refractivity contribution is 0.0673. The van der Waals surface area contributed by atoms with Crippen molar-refractivity contribution in [1.82, 2.24) is 5.32 Å². The minimum absolute atomic E-state index is 0.117. The maximum absolute atomic E-state index is 5.99. The van der Waals surface area contributed by atoms with Gasteiger partial charge in [0.05, 0.1) is 6.61 Å². The first-order valence-electron chi connectivity index (χ1n) is 6.19. The maximum Gasteiger partial charge on any atom is 0.125 e. The van der Waals surface area contributed by atoms with Crippen molar-refractivity contribution in [3.05, 3.63) is 23.8 Å². The van der Waals surface area contributed by atoms with E-state index in [2.05, 4.69) is 25.2 Å². The summed E-state index contributed by atoms with van der Waals surface area (Å²) in [5.74, 6) is 1.87. The van der Waals surface area contributed by atoms with Gasteiger partial charge in [0, 0.05) is 18.0 Å². The summed E-state index contributed by atoms with van der Waals surface area (Å²) < 4.78 is 11.5. The molecule has 1 heterocycles. The zero-order valence-corrected chi connectivity index (χ0v) is 11.0. The summed E-state index contributed by atoms with van der Waals surface area (Å²) in [6.07, 6.45) is 0.964. The van der Waals surface area contributed by atoms with E-state index in [0.29, 0.717) is 12.6 Å². The largest absolute Gasteiger partial charge is 0.494 e. The van der Waals surface area contributed by atoms with Crippen LogP contribution in [0.5, 0.6) is 11.5 Å². The molecule has 3 heteroatoms. The Morgan fingerprint density at radius 1 is 1.47 bits per heavy atom. The summed E-state index contributed by atoms with van der Waals surface area (Å²) in [4.78, 5) is 0. The molecule has 94 valence electrons. The number of rotatable bonds is 3. The molecule has 0 saturated carbocycles. The topological polar surface area (TPSA) is 30.5 Å². The highest BCUT2D eigenvalue weighted by molar-refractivity contribution is 5.44. The van der Waals surface area contributed by atoms with E-state index in [-0.39, 0.29) is 5.60 Å². The first kappa shape index (κ1) is 12.2. The summed E-state index contributed by atoms with van der Waals surface area (Å²) in [6, 6.07) is 6.38. The van der Waals surface area contributed by atoms with E-state index < -0.39 is 0 Å². The normalized spacial score (nSPS) is 21.5. The van der Waals surface area contributed by atoms with Gasteiger partial charge >= 0.3 is 0 Å². The van der Waals surface area contributed by atoms with E-state index in [1.807, 2.05) is 26.1 Å². The zero-order valence-electron chi connectivity index (χ0n) is 11.0. The fraction of sp³-hybridized carbons (Fsp3) is 0.571. The van der Waals surface area contributed by atoms with Gasteiger partial charge in [0.1, 0.15) is 17.1 Å². The fourth-order valence-electron chi connectivity index (χ4n) is 2.35. The lowest BCUT2D eigenvalue weighted by Gasteiger charge is -2.37. The van der Waals surface area contributed by atoms with Gasteiger partial charge in [0.2, 0.25) is 0 Å². The van der Waals surface area contributed by atoms with Gasteiger partial charge in [-0.3, -0.25) is 0 Å². The van der Waals surface area contributed by atoms with Crippen LogP contribution in [0.2, 0.25) is 0 Å². The van der Waals surface area contributed by atoms with Crippen LogP contribution in [0.4, 0.5) is 0 Å². The molecule has 1 atom stereocenters. The third-order valence-electron chi connectivity index (χ3n) is 3.10. The molecule has 1 aliphatic rings. The number of hydrogen-bond donors (Lipinski definition) is 1. The predicted octanol–water partition coefficient (Wildman–Crippen LogP) is 2.91. The monoisotopic (exact) mass is 235 g/mol. The molecule has 0 bridgehead atoms. The van der Waals surface area contributed by atoms with Gasteiger partial charge in [-0.15, -0.1) is 0 Å². The molecule has 0 aliphatic carbocycles. The molecular weight excluding hydrogens is 214 g/mol. The second kappa shape index (κ2) is 4.57. The Kier molecular flexibility index (Phi) is 3.29. The van der Waals surface area contributed by atoms with E-state index in [0.717, 1.165) is 17.9 Å². The first-order valence-corrected chi connectivity index (χ1v) is 6.19. The van der Waals surface area contributed by atoms with Gasteiger partial charge in [0.15, 0.2) is 0 Å². The van der Waals surface area contributed by atoms with E-state index in [4.69, 9.17) is 9.47 Å².